The molecule has 1 saturated heterocycles. The highest BCUT2D eigenvalue weighted by Crippen LogP contribution is 2.35. The molecule has 0 bridgehead atoms. The monoisotopic (exact) mass is 477 g/mol. The van der Waals surface area contributed by atoms with Crippen LogP contribution >= 0.6 is 0 Å². The Bertz CT molecular complexity index is 1280. The lowest BCUT2D eigenvalue weighted by Crippen LogP contribution is -2.32. The molecule has 2 aromatic carbocycles. The molecule has 0 amide bonds. The summed E-state index contributed by atoms with van der Waals surface area (Å²) in [5.74, 6) is 2.77. The van der Waals surface area contributed by atoms with E-state index in [1.54, 1.807) is 18.2 Å². The molecule has 3 aliphatic rings. The van der Waals surface area contributed by atoms with Crippen LogP contribution in [0.2, 0.25) is 0 Å². The summed E-state index contributed by atoms with van der Waals surface area (Å²) in [5, 5.41) is 6.15. The van der Waals surface area contributed by atoms with Gasteiger partial charge in [0.1, 0.15) is 24.7 Å². The molecular formula is C25H24FN5O4. The van der Waals surface area contributed by atoms with E-state index < -0.39 is 5.82 Å². The average molecular weight is 477 g/mol. The topological polar surface area (TPSA) is 90.0 Å². The van der Waals surface area contributed by atoms with Gasteiger partial charge in [0.2, 0.25) is 5.95 Å². The second-order valence-corrected chi connectivity index (χ2v) is 8.34. The summed E-state index contributed by atoms with van der Waals surface area (Å²) in [6.07, 6.45) is 3.90. The van der Waals surface area contributed by atoms with Crippen LogP contribution in [0.1, 0.15) is 5.56 Å². The Balaban J connectivity index is 1.16. The predicted molar refractivity (Wildman–Crippen MR) is 127 cm³/mol. The standard InChI is InChI=1S/C25H24FN5O4/c26-20-14-27-25(30-24(20)28-18-2-4-22-23(13-18)34-10-9-33-22)29-17-1-3-21-16(11-17)12-19(35-21)15-31-5-7-32-8-6-31/h1-4,11,13-15H,5-10,12H2,(H2,27,28,29,30). The molecule has 180 valence electrons. The molecule has 0 unspecified atom stereocenters. The van der Waals surface area contributed by atoms with Crippen molar-refractivity contribution in [2.75, 3.05) is 50.2 Å². The van der Waals surface area contributed by atoms with Crippen molar-refractivity contribution >= 4 is 23.1 Å². The SMILES string of the molecule is Fc1cnc(Nc2ccc3c(c2)CC(=CN2CCOCC2)O3)nc1Nc1ccc2c(c1)OCCO2. The second-order valence-electron chi connectivity index (χ2n) is 8.34. The Morgan fingerprint density at radius 1 is 0.886 bits per heavy atom. The van der Waals surface area contributed by atoms with Gasteiger partial charge in [-0.25, -0.2) is 9.37 Å². The number of hydrogen-bond donors (Lipinski definition) is 2. The lowest BCUT2D eigenvalue weighted by Gasteiger charge is -2.25. The number of nitrogens with zero attached hydrogens (tertiary/aromatic N) is 3. The molecule has 0 aliphatic carbocycles. The van der Waals surface area contributed by atoms with Gasteiger partial charge in [-0.3, -0.25) is 0 Å². The van der Waals surface area contributed by atoms with E-state index in [2.05, 4.69) is 31.7 Å². The summed E-state index contributed by atoms with van der Waals surface area (Å²) in [7, 11) is 0. The van der Waals surface area contributed by atoms with Gasteiger partial charge < -0.3 is 34.5 Å². The van der Waals surface area contributed by atoms with Crippen LogP contribution in [0.3, 0.4) is 0 Å². The van der Waals surface area contributed by atoms with Gasteiger partial charge in [0.25, 0.3) is 0 Å². The Labute approximate surface area is 201 Å². The third-order valence-electron chi connectivity index (χ3n) is 5.84. The molecule has 0 saturated carbocycles. The second kappa shape index (κ2) is 9.30. The Morgan fingerprint density at radius 3 is 2.51 bits per heavy atom. The maximum Gasteiger partial charge on any atom is 0.229 e. The Hall–Kier alpha value is -4.05. The normalized spacial score (nSPS) is 17.6. The van der Waals surface area contributed by atoms with E-state index in [1.807, 2.05) is 18.2 Å². The van der Waals surface area contributed by atoms with Gasteiger partial charge in [-0.2, -0.15) is 4.98 Å². The van der Waals surface area contributed by atoms with Crippen LogP contribution < -0.4 is 24.8 Å². The fourth-order valence-electron chi connectivity index (χ4n) is 4.14. The van der Waals surface area contributed by atoms with E-state index in [0.29, 0.717) is 36.8 Å². The van der Waals surface area contributed by atoms with Crippen LogP contribution in [0.25, 0.3) is 0 Å². The van der Waals surface area contributed by atoms with Crippen LogP contribution in [-0.4, -0.2) is 54.4 Å². The molecule has 6 rings (SSSR count). The molecule has 35 heavy (non-hydrogen) atoms. The molecule has 3 aliphatic heterocycles. The summed E-state index contributed by atoms with van der Waals surface area (Å²) in [6.45, 7) is 4.17. The number of hydrogen-bond acceptors (Lipinski definition) is 9. The number of morpholine rings is 1. The maximum absolute atomic E-state index is 14.4. The molecule has 10 heteroatoms. The summed E-state index contributed by atoms with van der Waals surface area (Å²) in [6, 6.07) is 11.1. The Morgan fingerprint density at radius 2 is 1.66 bits per heavy atom. The summed E-state index contributed by atoms with van der Waals surface area (Å²) >= 11 is 0. The molecule has 1 fully saturated rings. The molecule has 0 spiro atoms. The fourth-order valence-corrected chi connectivity index (χ4v) is 4.14. The summed E-state index contributed by atoms with van der Waals surface area (Å²) in [4.78, 5) is 10.6. The van der Waals surface area contributed by atoms with Gasteiger partial charge in [-0.1, -0.05) is 0 Å². The molecule has 9 nitrogen and oxygen atoms in total. The third kappa shape index (κ3) is 4.78. The first-order valence-corrected chi connectivity index (χ1v) is 11.5. The number of nitrogens with one attached hydrogen (secondary N) is 2. The van der Waals surface area contributed by atoms with Crippen LogP contribution in [0.5, 0.6) is 17.2 Å². The molecule has 0 atom stereocenters. The minimum absolute atomic E-state index is 0.0550. The van der Waals surface area contributed by atoms with Gasteiger partial charge in [-0.05, 0) is 30.3 Å². The van der Waals surface area contributed by atoms with Crippen molar-refractivity contribution in [1.82, 2.24) is 14.9 Å². The predicted octanol–water partition coefficient (Wildman–Crippen LogP) is 3.98. The summed E-state index contributed by atoms with van der Waals surface area (Å²) in [5.41, 5.74) is 2.48. The van der Waals surface area contributed by atoms with Gasteiger partial charge in [0, 0.05) is 48.7 Å². The lowest BCUT2D eigenvalue weighted by molar-refractivity contribution is 0.0581. The van der Waals surface area contributed by atoms with Crippen LogP contribution in [0.4, 0.5) is 27.5 Å². The van der Waals surface area contributed by atoms with Gasteiger partial charge >= 0.3 is 0 Å². The maximum atomic E-state index is 14.4. The zero-order chi connectivity index (χ0) is 23.6. The number of anilines is 4. The number of rotatable bonds is 5. The van der Waals surface area contributed by atoms with Gasteiger partial charge in [-0.15, -0.1) is 0 Å². The van der Waals surface area contributed by atoms with Crippen molar-refractivity contribution in [3.8, 4) is 17.2 Å². The highest BCUT2D eigenvalue weighted by atomic mass is 19.1. The molecule has 2 N–H and O–H groups in total. The van der Waals surface area contributed by atoms with Gasteiger partial charge in [0.05, 0.1) is 19.4 Å². The first kappa shape index (κ1) is 21.5. The highest BCUT2D eigenvalue weighted by molar-refractivity contribution is 5.64. The number of ether oxygens (including phenoxy) is 4. The Kier molecular flexibility index (Phi) is 5.71. The number of halogens is 1. The number of fused-ring (bicyclic) bond motifs is 2. The van der Waals surface area contributed by atoms with E-state index in [0.717, 1.165) is 55.3 Å². The zero-order valence-electron chi connectivity index (χ0n) is 18.9. The van der Waals surface area contributed by atoms with E-state index in [-0.39, 0.29) is 11.8 Å². The minimum atomic E-state index is -0.564. The van der Waals surface area contributed by atoms with Crippen molar-refractivity contribution in [1.29, 1.82) is 0 Å². The van der Waals surface area contributed by atoms with E-state index >= 15 is 0 Å². The molecule has 4 heterocycles. The van der Waals surface area contributed by atoms with Crippen molar-refractivity contribution < 1.29 is 23.3 Å². The zero-order valence-corrected chi connectivity index (χ0v) is 18.9. The molecule has 3 aromatic rings. The van der Waals surface area contributed by atoms with Gasteiger partial charge in [0.15, 0.2) is 23.1 Å². The lowest BCUT2D eigenvalue weighted by atomic mass is 10.1. The molecular weight excluding hydrogens is 453 g/mol. The fraction of sp³-hybridized carbons (Fsp3) is 0.280. The quantitative estimate of drug-likeness (QED) is 0.566. The van der Waals surface area contributed by atoms with Crippen LogP contribution in [-0.2, 0) is 11.2 Å². The number of benzene rings is 2. The van der Waals surface area contributed by atoms with Crippen molar-refractivity contribution in [3.05, 3.63) is 65.9 Å². The number of allylic oxidation sites excluding steroid dienone is 1. The smallest absolute Gasteiger partial charge is 0.229 e. The van der Waals surface area contributed by atoms with E-state index in [4.69, 9.17) is 18.9 Å². The van der Waals surface area contributed by atoms with Crippen LogP contribution in [0.15, 0.2) is 54.6 Å². The molecule has 0 radical (unpaired) electrons. The van der Waals surface area contributed by atoms with Crippen molar-refractivity contribution in [2.24, 2.45) is 0 Å². The van der Waals surface area contributed by atoms with E-state index in [1.165, 1.54) is 0 Å². The van der Waals surface area contributed by atoms with Crippen molar-refractivity contribution in [3.63, 3.8) is 0 Å². The first-order chi connectivity index (χ1) is 17.2. The first-order valence-electron chi connectivity index (χ1n) is 11.5. The third-order valence-corrected chi connectivity index (χ3v) is 5.84. The summed E-state index contributed by atoms with van der Waals surface area (Å²) < 4.78 is 37.0. The largest absolute Gasteiger partial charge is 0.486 e. The van der Waals surface area contributed by atoms with Crippen molar-refractivity contribution in [2.45, 2.75) is 6.42 Å². The minimum Gasteiger partial charge on any atom is -0.486 e. The molecule has 1 aromatic heterocycles. The highest BCUT2D eigenvalue weighted by Gasteiger charge is 2.20. The van der Waals surface area contributed by atoms with Crippen LogP contribution in [0, 0.1) is 5.82 Å². The average Bonchev–Trinajstić information content (AvgIpc) is 3.28. The van der Waals surface area contributed by atoms with E-state index in [9.17, 15) is 4.39 Å². The number of aromatic nitrogens is 2.